The molecule has 7 heteroatoms. The van der Waals surface area contributed by atoms with Crippen molar-refractivity contribution in [2.45, 2.75) is 32.4 Å². The number of nitrogens with zero attached hydrogens (tertiary/aromatic N) is 4. The van der Waals surface area contributed by atoms with Gasteiger partial charge < -0.3 is 0 Å². The molecule has 4 rings (SSSR count). The van der Waals surface area contributed by atoms with Crippen LogP contribution in [0.15, 0.2) is 61.1 Å². The van der Waals surface area contributed by atoms with Crippen LogP contribution in [0.3, 0.4) is 0 Å². The quantitative estimate of drug-likeness (QED) is 0.385. The molecule has 0 radical (unpaired) electrons. The third kappa shape index (κ3) is 3.89. The van der Waals surface area contributed by atoms with Crippen LogP contribution in [-0.2, 0) is 11.6 Å². The topological polar surface area (TPSA) is 54.0 Å². The fourth-order valence-corrected chi connectivity index (χ4v) is 3.44. The van der Waals surface area contributed by atoms with Gasteiger partial charge in [0.2, 0.25) is 0 Å². The lowest BCUT2D eigenvalue weighted by molar-refractivity contribution is -0.136. The van der Waals surface area contributed by atoms with Crippen LogP contribution in [0, 0.1) is 11.3 Å². The largest absolute Gasteiger partial charge is 0.420 e. The number of benzene rings is 1. The highest BCUT2D eigenvalue weighted by Crippen LogP contribution is 2.37. The number of aromatic nitrogens is 3. The van der Waals surface area contributed by atoms with E-state index in [1.54, 1.807) is 12.3 Å². The van der Waals surface area contributed by atoms with E-state index in [2.05, 4.69) is 30.7 Å². The summed E-state index contributed by atoms with van der Waals surface area (Å²) in [6.07, 6.45) is -0.101. The summed E-state index contributed by atoms with van der Waals surface area (Å²) in [6, 6.07) is 13.8. The molecule has 156 valence electrons. The summed E-state index contributed by atoms with van der Waals surface area (Å²) in [6.45, 7) is 6.30. The Morgan fingerprint density at radius 3 is 2.10 bits per heavy atom. The van der Waals surface area contributed by atoms with Crippen LogP contribution in [-0.4, -0.2) is 14.4 Å². The number of fused-ring (bicyclic) bond motifs is 1. The molecule has 0 bridgehead atoms. The second kappa shape index (κ2) is 7.24. The van der Waals surface area contributed by atoms with Crippen LogP contribution in [0.5, 0.6) is 0 Å². The lowest BCUT2D eigenvalue weighted by Gasteiger charge is -2.19. The molecule has 0 unspecified atom stereocenters. The van der Waals surface area contributed by atoms with Crippen molar-refractivity contribution in [2.75, 3.05) is 0 Å². The van der Waals surface area contributed by atoms with Crippen molar-refractivity contribution in [1.82, 2.24) is 14.4 Å². The minimum Gasteiger partial charge on any atom is -0.299 e. The van der Waals surface area contributed by atoms with Crippen LogP contribution in [0.4, 0.5) is 13.2 Å². The predicted molar refractivity (Wildman–Crippen MR) is 112 cm³/mol. The van der Waals surface area contributed by atoms with E-state index in [-0.39, 0.29) is 16.8 Å². The fourth-order valence-electron chi connectivity index (χ4n) is 3.44. The Kier molecular flexibility index (Phi) is 4.81. The smallest absolute Gasteiger partial charge is 0.299 e. The van der Waals surface area contributed by atoms with Crippen molar-refractivity contribution in [3.63, 3.8) is 0 Å². The number of hydrogen-bond acceptors (Lipinski definition) is 3. The molecule has 0 aliphatic carbocycles. The maximum absolute atomic E-state index is 13.8. The molecule has 1 aromatic carbocycles. The maximum atomic E-state index is 13.8. The van der Waals surface area contributed by atoms with Gasteiger partial charge in [0.25, 0.3) is 0 Å². The van der Waals surface area contributed by atoms with Gasteiger partial charge in [0, 0.05) is 29.1 Å². The van der Waals surface area contributed by atoms with Gasteiger partial charge in [-0.15, -0.1) is 0 Å². The number of nitriles is 1. The lowest BCUT2D eigenvalue weighted by atomic mass is 9.86. The fraction of sp³-hybridized carbons (Fsp3) is 0.208. The molecule has 3 heterocycles. The Morgan fingerprint density at radius 2 is 1.55 bits per heavy atom. The first-order valence-electron chi connectivity index (χ1n) is 9.64. The summed E-state index contributed by atoms with van der Waals surface area (Å²) in [5, 5.41) is 8.92. The van der Waals surface area contributed by atoms with Crippen LogP contribution in [0.1, 0.15) is 37.6 Å². The van der Waals surface area contributed by atoms with Crippen molar-refractivity contribution in [3.05, 3.63) is 77.9 Å². The van der Waals surface area contributed by atoms with Crippen molar-refractivity contribution >= 4 is 5.65 Å². The molecular formula is C24H19F3N4. The van der Waals surface area contributed by atoms with E-state index in [4.69, 9.17) is 5.26 Å². The van der Waals surface area contributed by atoms with E-state index in [1.165, 1.54) is 22.9 Å². The highest BCUT2D eigenvalue weighted by atomic mass is 19.4. The predicted octanol–water partition coefficient (Wildman–Crippen LogP) is 6.25. The number of rotatable bonds is 2. The van der Waals surface area contributed by atoms with Gasteiger partial charge in [-0.3, -0.25) is 4.40 Å². The molecule has 4 aromatic rings. The van der Waals surface area contributed by atoms with Gasteiger partial charge in [-0.25, -0.2) is 9.97 Å². The zero-order chi connectivity index (χ0) is 22.4. The SMILES string of the molecule is CC(C)(C)c1ccc(-c2cnc3c(C(F)(F)F)cc(-c4ccc(C#N)nc4)cn23)cc1. The Labute approximate surface area is 177 Å². The van der Waals surface area contributed by atoms with Crippen LogP contribution >= 0.6 is 0 Å². The molecular weight excluding hydrogens is 401 g/mol. The summed E-state index contributed by atoms with van der Waals surface area (Å²) in [7, 11) is 0. The molecule has 0 saturated heterocycles. The van der Waals surface area contributed by atoms with Gasteiger partial charge >= 0.3 is 6.18 Å². The van der Waals surface area contributed by atoms with Crippen LogP contribution < -0.4 is 0 Å². The van der Waals surface area contributed by atoms with E-state index < -0.39 is 11.7 Å². The summed E-state index contributed by atoms with van der Waals surface area (Å²) >= 11 is 0. The minimum absolute atomic E-state index is 0.0305. The lowest BCUT2D eigenvalue weighted by Crippen LogP contribution is -2.10. The van der Waals surface area contributed by atoms with Crippen molar-refractivity contribution in [1.29, 1.82) is 5.26 Å². The summed E-state index contributed by atoms with van der Waals surface area (Å²) in [4.78, 5) is 8.06. The van der Waals surface area contributed by atoms with Gasteiger partial charge in [0.15, 0.2) is 0 Å². The Morgan fingerprint density at radius 1 is 0.871 bits per heavy atom. The average Bonchev–Trinajstić information content (AvgIpc) is 3.15. The number of imidazole rings is 1. The Bertz CT molecular complexity index is 1290. The Balaban J connectivity index is 1.91. The van der Waals surface area contributed by atoms with Crippen molar-refractivity contribution in [3.8, 4) is 28.5 Å². The maximum Gasteiger partial charge on any atom is 0.420 e. The second-order valence-corrected chi connectivity index (χ2v) is 8.35. The number of pyridine rings is 2. The first-order chi connectivity index (χ1) is 14.6. The molecule has 0 aliphatic rings. The summed E-state index contributed by atoms with van der Waals surface area (Å²) in [5.41, 5.74) is 2.45. The van der Waals surface area contributed by atoms with E-state index in [0.717, 1.165) is 17.2 Å². The number of hydrogen-bond donors (Lipinski definition) is 0. The van der Waals surface area contributed by atoms with Crippen molar-refractivity contribution in [2.24, 2.45) is 0 Å². The highest BCUT2D eigenvalue weighted by Gasteiger charge is 2.35. The monoisotopic (exact) mass is 420 g/mol. The van der Waals surface area contributed by atoms with E-state index in [0.29, 0.717) is 16.8 Å². The van der Waals surface area contributed by atoms with Gasteiger partial charge in [-0.05, 0) is 29.2 Å². The normalized spacial score (nSPS) is 12.2. The second-order valence-electron chi connectivity index (χ2n) is 8.35. The first kappa shape index (κ1) is 20.6. The Hall–Kier alpha value is -3.66. The zero-order valence-electron chi connectivity index (χ0n) is 17.2. The van der Waals surface area contributed by atoms with Crippen LogP contribution in [0.25, 0.3) is 28.0 Å². The minimum atomic E-state index is -4.57. The van der Waals surface area contributed by atoms with Gasteiger partial charge in [0.1, 0.15) is 17.4 Å². The van der Waals surface area contributed by atoms with E-state index >= 15 is 0 Å². The summed E-state index contributed by atoms with van der Waals surface area (Å²) < 4.78 is 42.9. The molecule has 0 fully saturated rings. The molecule has 0 spiro atoms. The summed E-state index contributed by atoms with van der Waals surface area (Å²) in [5.74, 6) is 0. The number of halogens is 3. The van der Waals surface area contributed by atoms with Gasteiger partial charge in [0.05, 0.1) is 17.5 Å². The third-order valence-corrected chi connectivity index (χ3v) is 5.17. The zero-order valence-corrected chi connectivity index (χ0v) is 17.2. The van der Waals surface area contributed by atoms with E-state index in [1.807, 2.05) is 30.3 Å². The molecule has 4 nitrogen and oxygen atoms in total. The standard InChI is InChI=1S/C24H19F3N4/c1-23(2,3)18-7-4-15(5-8-18)21-13-30-22-20(24(25,26)27)10-17(14-31(21)22)16-6-9-19(11-28)29-12-16/h4-10,12-14H,1-3H3. The molecule has 31 heavy (non-hydrogen) atoms. The number of alkyl halides is 3. The van der Waals surface area contributed by atoms with Gasteiger partial charge in [-0.2, -0.15) is 18.4 Å². The van der Waals surface area contributed by atoms with Crippen molar-refractivity contribution < 1.29 is 13.2 Å². The molecule has 0 atom stereocenters. The first-order valence-corrected chi connectivity index (χ1v) is 9.64. The molecule has 0 aliphatic heterocycles. The molecule has 0 amide bonds. The molecule has 3 aromatic heterocycles. The van der Waals surface area contributed by atoms with E-state index in [9.17, 15) is 13.2 Å². The van der Waals surface area contributed by atoms with Gasteiger partial charge in [-0.1, -0.05) is 45.0 Å². The van der Waals surface area contributed by atoms with Crippen LogP contribution in [0.2, 0.25) is 0 Å². The average molecular weight is 420 g/mol. The highest BCUT2D eigenvalue weighted by molar-refractivity contribution is 5.72. The molecule has 0 saturated carbocycles. The molecule has 0 N–H and O–H groups in total. The third-order valence-electron chi connectivity index (χ3n) is 5.17.